The summed E-state index contributed by atoms with van der Waals surface area (Å²) < 4.78 is 5.73. The van der Waals surface area contributed by atoms with Crippen LogP contribution >= 0.6 is 11.6 Å². The van der Waals surface area contributed by atoms with Crippen LogP contribution in [0, 0.1) is 6.92 Å². The molecule has 17 heavy (non-hydrogen) atoms. The zero-order valence-electron chi connectivity index (χ0n) is 9.56. The lowest BCUT2D eigenvalue weighted by atomic mass is 10.0. The molecule has 0 bridgehead atoms. The Morgan fingerprint density at radius 2 is 1.29 bits per heavy atom. The molecule has 3 rings (SSSR count). The van der Waals surface area contributed by atoms with Crippen molar-refractivity contribution >= 4 is 11.6 Å². The van der Waals surface area contributed by atoms with Crippen LogP contribution in [0.5, 0.6) is 0 Å². The molecule has 1 nitrogen and oxygen atoms in total. The quantitative estimate of drug-likeness (QED) is 0.711. The van der Waals surface area contributed by atoms with Crippen molar-refractivity contribution in [3.63, 3.8) is 0 Å². The largest absolute Gasteiger partial charge is 0.359 e. The predicted molar refractivity (Wildman–Crippen MR) is 69.2 cm³/mol. The monoisotopic (exact) mass is 244 g/mol. The molecule has 0 aromatic heterocycles. The van der Waals surface area contributed by atoms with Crippen molar-refractivity contribution in [1.82, 2.24) is 0 Å². The summed E-state index contributed by atoms with van der Waals surface area (Å²) in [4.78, 5) is 0. The van der Waals surface area contributed by atoms with Crippen molar-refractivity contribution in [2.45, 2.75) is 19.1 Å². The van der Waals surface area contributed by atoms with Gasteiger partial charge in [0, 0.05) is 5.02 Å². The minimum absolute atomic E-state index is 0.190. The van der Waals surface area contributed by atoms with Crippen molar-refractivity contribution < 1.29 is 4.74 Å². The van der Waals surface area contributed by atoms with E-state index in [0.717, 1.165) is 5.02 Å². The zero-order valence-corrected chi connectivity index (χ0v) is 10.3. The first kappa shape index (κ1) is 10.8. The maximum Gasteiger partial charge on any atom is 0.114 e. The summed E-state index contributed by atoms with van der Waals surface area (Å²) in [6, 6.07) is 16.4. The molecule has 1 aliphatic rings. The van der Waals surface area contributed by atoms with E-state index in [-0.39, 0.29) is 12.2 Å². The van der Waals surface area contributed by atoms with Crippen LogP contribution in [-0.4, -0.2) is 0 Å². The van der Waals surface area contributed by atoms with E-state index in [9.17, 15) is 0 Å². The summed E-state index contributed by atoms with van der Waals surface area (Å²) in [5.74, 6) is 0. The van der Waals surface area contributed by atoms with Crippen molar-refractivity contribution in [3.05, 3.63) is 70.2 Å². The molecule has 0 amide bonds. The normalized spacial score (nSPS) is 22.5. The fourth-order valence-electron chi connectivity index (χ4n) is 2.03. The molecule has 0 N–H and O–H groups in total. The standard InChI is InChI=1S/C15H13ClO/c1-10-2-4-11(5-3-10)14-15(17-14)12-6-8-13(16)9-7-12/h2-9,14-15H,1H3. The van der Waals surface area contributed by atoms with Crippen LogP contribution in [-0.2, 0) is 4.74 Å². The Kier molecular flexibility index (Phi) is 2.65. The summed E-state index contributed by atoms with van der Waals surface area (Å²) in [6.07, 6.45) is 0.395. The number of ether oxygens (including phenoxy) is 1. The molecule has 0 spiro atoms. The third-order valence-corrected chi connectivity index (χ3v) is 3.35. The minimum Gasteiger partial charge on any atom is -0.359 e. The van der Waals surface area contributed by atoms with Gasteiger partial charge in [-0.05, 0) is 30.2 Å². The van der Waals surface area contributed by atoms with Crippen LogP contribution in [0.4, 0.5) is 0 Å². The van der Waals surface area contributed by atoms with Crippen molar-refractivity contribution in [2.75, 3.05) is 0 Å². The van der Waals surface area contributed by atoms with Gasteiger partial charge in [-0.2, -0.15) is 0 Å². The van der Waals surface area contributed by atoms with E-state index in [1.54, 1.807) is 0 Å². The van der Waals surface area contributed by atoms with Gasteiger partial charge in [0.15, 0.2) is 0 Å². The molecule has 86 valence electrons. The fourth-order valence-corrected chi connectivity index (χ4v) is 2.15. The Balaban J connectivity index is 1.78. The lowest BCUT2D eigenvalue weighted by Gasteiger charge is -1.98. The number of benzene rings is 2. The van der Waals surface area contributed by atoms with Gasteiger partial charge in [0.2, 0.25) is 0 Å². The molecule has 2 atom stereocenters. The van der Waals surface area contributed by atoms with E-state index in [4.69, 9.17) is 16.3 Å². The van der Waals surface area contributed by atoms with Crippen molar-refractivity contribution in [1.29, 1.82) is 0 Å². The highest BCUT2D eigenvalue weighted by Gasteiger charge is 2.41. The van der Waals surface area contributed by atoms with Gasteiger partial charge in [0.05, 0.1) is 0 Å². The highest BCUT2D eigenvalue weighted by Crippen LogP contribution is 2.50. The van der Waals surface area contributed by atoms with E-state index in [1.807, 2.05) is 24.3 Å². The smallest absolute Gasteiger partial charge is 0.114 e. The third kappa shape index (κ3) is 2.21. The maximum atomic E-state index is 5.87. The van der Waals surface area contributed by atoms with Crippen LogP contribution in [0.1, 0.15) is 28.9 Å². The molecule has 1 aliphatic heterocycles. The first-order valence-corrected chi connectivity index (χ1v) is 6.09. The molecule has 2 unspecified atom stereocenters. The first-order chi connectivity index (χ1) is 8.24. The van der Waals surface area contributed by atoms with Crippen LogP contribution in [0.15, 0.2) is 48.5 Å². The molecule has 0 aliphatic carbocycles. The highest BCUT2D eigenvalue weighted by atomic mass is 35.5. The molecule has 1 saturated heterocycles. The third-order valence-electron chi connectivity index (χ3n) is 3.10. The van der Waals surface area contributed by atoms with E-state index in [0.29, 0.717) is 0 Å². The molecule has 1 fully saturated rings. The van der Waals surface area contributed by atoms with Gasteiger partial charge in [-0.15, -0.1) is 0 Å². The lowest BCUT2D eigenvalue weighted by Crippen LogP contribution is -1.84. The van der Waals surface area contributed by atoms with Crippen molar-refractivity contribution in [3.8, 4) is 0 Å². The number of hydrogen-bond acceptors (Lipinski definition) is 1. The number of hydrogen-bond donors (Lipinski definition) is 0. The number of rotatable bonds is 2. The van der Waals surface area contributed by atoms with Crippen LogP contribution in [0.25, 0.3) is 0 Å². The first-order valence-electron chi connectivity index (χ1n) is 5.71. The average molecular weight is 245 g/mol. The molecular weight excluding hydrogens is 232 g/mol. The Bertz CT molecular complexity index is 466. The minimum atomic E-state index is 0.190. The van der Waals surface area contributed by atoms with Gasteiger partial charge in [0.1, 0.15) is 12.2 Å². The predicted octanol–water partition coefficient (Wildman–Crippen LogP) is 4.46. The van der Waals surface area contributed by atoms with Gasteiger partial charge in [-0.1, -0.05) is 53.6 Å². The summed E-state index contributed by atoms with van der Waals surface area (Å²) in [5.41, 5.74) is 3.72. The molecule has 0 radical (unpaired) electrons. The van der Waals surface area contributed by atoms with E-state index in [2.05, 4.69) is 31.2 Å². The molecular formula is C15H13ClO. The maximum absolute atomic E-state index is 5.87. The number of epoxide rings is 1. The second-order valence-corrected chi connectivity index (χ2v) is 4.88. The van der Waals surface area contributed by atoms with E-state index in [1.165, 1.54) is 16.7 Å². The topological polar surface area (TPSA) is 12.5 Å². The fraction of sp³-hybridized carbons (Fsp3) is 0.200. The summed E-state index contributed by atoms with van der Waals surface area (Å²) in [6.45, 7) is 2.09. The number of halogens is 1. The summed E-state index contributed by atoms with van der Waals surface area (Å²) in [5, 5.41) is 0.765. The Morgan fingerprint density at radius 1 is 0.824 bits per heavy atom. The SMILES string of the molecule is Cc1ccc(C2OC2c2ccc(Cl)cc2)cc1. The Morgan fingerprint density at radius 3 is 1.82 bits per heavy atom. The van der Waals surface area contributed by atoms with E-state index >= 15 is 0 Å². The number of aryl methyl sites for hydroxylation is 1. The summed E-state index contributed by atoms with van der Waals surface area (Å²) in [7, 11) is 0. The van der Waals surface area contributed by atoms with Gasteiger partial charge < -0.3 is 4.74 Å². The van der Waals surface area contributed by atoms with Crippen molar-refractivity contribution in [2.24, 2.45) is 0 Å². The van der Waals surface area contributed by atoms with Gasteiger partial charge in [-0.25, -0.2) is 0 Å². The second-order valence-electron chi connectivity index (χ2n) is 4.44. The molecule has 2 aromatic rings. The summed E-state index contributed by atoms with van der Waals surface area (Å²) >= 11 is 5.87. The van der Waals surface area contributed by atoms with Crippen LogP contribution < -0.4 is 0 Å². The van der Waals surface area contributed by atoms with Gasteiger partial charge in [-0.3, -0.25) is 0 Å². The Labute approximate surface area is 106 Å². The van der Waals surface area contributed by atoms with Gasteiger partial charge >= 0.3 is 0 Å². The molecule has 2 aromatic carbocycles. The lowest BCUT2D eigenvalue weighted by molar-refractivity contribution is 0.377. The average Bonchev–Trinajstić information content (AvgIpc) is 3.11. The zero-order chi connectivity index (χ0) is 11.8. The molecule has 2 heteroatoms. The van der Waals surface area contributed by atoms with Gasteiger partial charge in [0.25, 0.3) is 0 Å². The highest BCUT2D eigenvalue weighted by molar-refractivity contribution is 6.30. The Hall–Kier alpha value is -1.31. The molecule has 1 heterocycles. The molecule has 0 saturated carbocycles. The van der Waals surface area contributed by atoms with Crippen LogP contribution in [0.3, 0.4) is 0 Å². The van der Waals surface area contributed by atoms with E-state index < -0.39 is 0 Å². The second kappa shape index (κ2) is 4.17. The van der Waals surface area contributed by atoms with Crippen LogP contribution in [0.2, 0.25) is 5.02 Å².